The zero-order chi connectivity index (χ0) is 12.7. The van der Waals surface area contributed by atoms with Gasteiger partial charge in [-0.15, -0.1) is 0 Å². The molecule has 0 saturated heterocycles. The first-order chi connectivity index (χ1) is 8.17. The highest BCUT2D eigenvalue weighted by Crippen LogP contribution is 2.17. The summed E-state index contributed by atoms with van der Waals surface area (Å²) in [7, 11) is 0. The van der Waals surface area contributed by atoms with Crippen LogP contribution in [0.1, 0.15) is 20.3 Å². The van der Waals surface area contributed by atoms with Gasteiger partial charge >= 0.3 is 0 Å². The third-order valence-corrected chi connectivity index (χ3v) is 2.75. The van der Waals surface area contributed by atoms with E-state index in [2.05, 4.69) is 34.0 Å². The summed E-state index contributed by atoms with van der Waals surface area (Å²) in [6.07, 6.45) is 2.67. The minimum absolute atomic E-state index is 0.234. The number of anilines is 2. The fourth-order valence-corrected chi connectivity index (χ4v) is 1.74. The normalized spacial score (nSPS) is 10.8. The zero-order valence-electron chi connectivity index (χ0n) is 10.4. The number of nitrogens with zero attached hydrogens (tertiary/aromatic N) is 3. The number of aromatic nitrogens is 2. The van der Waals surface area contributed by atoms with E-state index in [-0.39, 0.29) is 5.95 Å². The van der Waals surface area contributed by atoms with Crippen LogP contribution in [0.15, 0.2) is 6.20 Å². The second-order valence-electron chi connectivity index (χ2n) is 3.79. The van der Waals surface area contributed by atoms with Crippen molar-refractivity contribution >= 4 is 23.4 Å². The maximum absolute atomic E-state index is 5.95. The van der Waals surface area contributed by atoms with Crippen LogP contribution in [0.4, 0.5) is 11.8 Å². The monoisotopic (exact) mass is 257 g/mol. The number of hydrogen-bond donors (Lipinski definition) is 2. The second kappa shape index (κ2) is 7.29. The molecular weight excluding hydrogens is 238 g/mol. The van der Waals surface area contributed by atoms with Crippen molar-refractivity contribution in [3.63, 3.8) is 0 Å². The predicted octanol–water partition coefficient (Wildman–Crippen LogP) is 1.86. The summed E-state index contributed by atoms with van der Waals surface area (Å²) in [6.45, 7) is 8.25. The highest BCUT2D eigenvalue weighted by Gasteiger charge is 2.04. The van der Waals surface area contributed by atoms with Crippen molar-refractivity contribution in [2.24, 2.45) is 0 Å². The Bertz CT molecular complexity index is 345. The summed E-state index contributed by atoms with van der Waals surface area (Å²) >= 11 is 5.95. The number of nitrogens with one attached hydrogen (secondary N) is 1. The van der Waals surface area contributed by atoms with E-state index in [1.54, 1.807) is 0 Å². The van der Waals surface area contributed by atoms with Gasteiger partial charge in [-0.2, -0.15) is 4.98 Å². The number of nitrogen functional groups attached to an aromatic ring is 1. The minimum Gasteiger partial charge on any atom is -0.368 e. The smallest absolute Gasteiger partial charge is 0.222 e. The Kier molecular flexibility index (Phi) is 6.00. The van der Waals surface area contributed by atoms with Gasteiger partial charge in [0.25, 0.3) is 0 Å². The number of likely N-dealkylation sites (N-methyl/N-ethyl adjacent to an activating group) is 1. The Balaban J connectivity index is 2.42. The van der Waals surface area contributed by atoms with E-state index in [1.807, 2.05) is 0 Å². The van der Waals surface area contributed by atoms with Crippen LogP contribution >= 0.6 is 11.6 Å². The van der Waals surface area contributed by atoms with Crippen LogP contribution in [0.2, 0.25) is 5.02 Å². The number of hydrogen-bond acceptors (Lipinski definition) is 5. The molecule has 1 aromatic heterocycles. The summed E-state index contributed by atoms with van der Waals surface area (Å²) < 4.78 is 0. The molecule has 0 atom stereocenters. The number of halogens is 1. The average Bonchev–Trinajstić information content (AvgIpc) is 2.32. The molecule has 1 heterocycles. The van der Waals surface area contributed by atoms with Crippen LogP contribution in [0, 0.1) is 0 Å². The fourth-order valence-electron chi connectivity index (χ4n) is 1.58. The molecule has 1 aromatic rings. The SMILES string of the molecule is CCCN(CC)CCNc1nc(N)ncc1Cl. The topological polar surface area (TPSA) is 67.1 Å². The lowest BCUT2D eigenvalue weighted by Gasteiger charge is -2.19. The Morgan fingerprint density at radius 2 is 2.18 bits per heavy atom. The van der Waals surface area contributed by atoms with Gasteiger partial charge in [-0.05, 0) is 19.5 Å². The van der Waals surface area contributed by atoms with Crippen LogP contribution in [0.25, 0.3) is 0 Å². The molecule has 0 aromatic carbocycles. The molecule has 0 aliphatic carbocycles. The van der Waals surface area contributed by atoms with Crippen LogP contribution < -0.4 is 11.1 Å². The van der Waals surface area contributed by atoms with Crippen molar-refractivity contribution in [3.05, 3.63) is 11.2 Å². The van der Waals surface area contributed by atoms with Crippen molar-refractivity contribution in [2.45, 2.75) is 20.3 Å². The molecule has 96 valence electrons. The van der Waals surface area contributed by atoms with Crippen LogP contribution in [0.3, 0.4) is 0 Å². The Morgan fingerprint density at radius 1 is 1.41 bits per heavy atom. The van der Waals surface area contributed by atoms with E-state index in [9.17, 15) is 0 Å². The third kappa shape index (κ3) is 4.75. The molecule has 1 rings (SSSR count). The first kappa shape index (κ1) is 14.0. The van der Waals surface area contributed by atoms with E-state index in [0.29, 0.717) is 10.8 Å². The molecule has 0 aliphatic heterocycles. The number of nitrogens with two attached hydrogens (primary N) is 1. The molecule has 0 fully saturated rings. The molecule has 3 N–H and O–H groups in total. The van der Waals surface area contributed by atoms with Crippen LogP contribution in [-0.4, -0.2) is 41.0 Å². The molecule has 0 unspecified atom stereocenters. The summed E-state index contributed by atoms with van der Waals surface area (Å²) in [5, 5.41) is 3.67. The third-order valence-electron chi connectivity index (χ3n) is 2.47. The van der Waals surface area contributed by atoms with E-state index in [4.69, 9.17) is 17.3 Å². The number of rotatable bonds is 7. The Morgan fingerprint density at radius 3 is 2.82 bits per heavy atom. The van der Waals surface area contributed by atoms with Gasteiger partial charge in [-0.25, -0.2) is 4.98 Å². The minimum atomic E-state index is 0.234. The summed E-state index contributed by atoms with van der Waals surface area (Å²) in [6, 6.07) is 0. The van der Waals surface area contributed by atoms with Crippen LogP contribution in [-0.2, 0) is 0 Å². The quantitative estimate of drug-likeness (QED) is 0.780. The Hall–Kier alpha value is -1.07. The van der Waals surface area contributed by atoms with Gasteiger partial charge in [0.2, 0.25) is 5.95 Å². The highest BCUT2D eigenvalue weighted by molar-refractivity contribution is 6.32. The van der Waals surface area contributed by atoms with Crippen molar-refractivity contribution < 1.29 is 0 Å². The van der Waals surface area contributed by atoms with E-state index >= 15 is 0 Å². The molecule has 0 aliphatic rings. The molecule has 5 nitrogen and oxygen atoms in total. The average molecular weight is 258 g/mol. The molecule has 0 saturated carbocycles. The highest BCUT2D eigenvalue weighted by atomic mass is 35.5. The molecule has 0 amide bonds. The van der Waals surface area contributed by atoms with Gasteiger partial charge in [0.15, 0.2) is 5.82 Å². The first-order valence-electron chi connectivity index (χ1n) is 5.91. The molecule has 0 radical (unpaired) electrons. The molecule has 17 heavy (non-hydrogen) atoms. The van der Waals surface area contributed by atoms with Crippen molar-refractivity contribution in [2.75, 3.05) is 37.2 Å². The van der Waals surface area contributed by atoms with Crippen LogP contribution in [0.5, 0.6) is 0 Å². The van der Waals surface area contributed by atoms with Gasteiger partial charge in [0.05, 0.1) is 6.20 Å². The van der Waals surface area contributed by atoms with Crippen molar-refractivity contribution in [1.29, 1.82) is 0 Å². The maximum Gasteiger partial charge on any atom is 0.222 e. The standard InChI is InChI=1S/C11H20ClN5/c1-3-6-17(4-2)7-5-14-10-9(12)8-15-11(13)16-10/h8H,3-7H2,1-2H3,(H3,13,14,15,16). The van der Waals surface area contributed by atoms with Crippen molar-refractivity contribution in [1.82, 2.24) is 14.9 Å². The van der Waals surface area contributed by atoms with Gasteiger partial charge < -0.3 is 16.0 Å². The lowest BCUT2D eigenvalue weighted by molar-refractivity contribution is 0.300. The zero-order valence-corrected chi connectivity index (χ0v) is 11.2. The predicted molar refractivity (Wildman–Crippen MR) is 72.3 cm³/mol. The summed E-state index contributed by atoms with van der Waals surface area (Å²) in [5.41, 5.74) is 5.50. The second-order valence-corrected chi connectivity index (χ2v) is 4.19. The van der Waals surface area contributed by atoms with Gasteiger partial charge in [-0.3, -0.25) is 0 Å². The summed E-state index contributed by atoms with van der Waals surface area (Å²) in [4.78, 5) is 10.2. The Labute approximate surface area is 107 Å². The largest absolute Gasteiger partial charge is 0.368 e. The van der Waals surface area contributed by atoms with E-state index < -0.39 is 0 Å². The van der Waals surface area contributed by atoms with Gasteiger partial charge in [0.1, 0.15) is 5.02 Å². The molecule has 0 spiro atoms. The van der Waals surface area contributed by atoms with Crippen molar-refractivity contribution in [3.8, 4) is 0 Å². The lowest BCUT2D eigenvalue weighted by atomic mass is 10.4. The van der Waals surface area contributed by atoms with E-state index in [1.165, 1.54) is 6.20 Å². The maximum atomic E-state index is 5.95. The molecular formula is C11H20ClN5. The van der Waals surface area contributed by atoms with E-state index in [0.717, 1.165) is 32.6 Å². The van der Waals surface area contributed by atoms with Gasteiger partial charge in [0, 0.05) is 13.1 Å². The molecule has 0 bridgehead atoms. The fraction of sp³-hybridized carbons (Fsp3) is 0.636. The lowest BCUT2D eigenvalue weighted by Crippen LogP contribution is -2.29. The molecule has 6 heteroatoms. The first-order valence-corrected chi connectivity index (χ1v) is 6.29. The summed E-state index contributed by atoms with van der Waals surface area (Å²) in [5.74, 6) is 0.838. The van der Waals surface area contributed by atoms with Gasteiger partial charge in [-0.1, -0.05) is 25.4 Å².